The number of benzene rings is 2. The van der Waals surface area contributed by atoms with Gasteiger partial charge < -0.3 is 20.1 Å². The standard InChI is InChI=1S/C22H26N2O4/c1-15(26)24-19(12-23-21(27)14-28-2)22(20(24)13-25)18-10-8-17(9-11-18)16-6-4-3-5-7-16/h3-11,19-20,22,25H,12-14H2,1-2H3,(H,23,27)/t19-,20+,22-/m1/s1. The average molecular weight is 382 g/mol. The van der Waals surface area contributed by atoms with Gasteiger partial charge in [0.2, 0.25) is 11.8 Å². The fraction of sp³-hybridized carbons (Fsp3) is 0.364. The van der Waals surface area contributed by atoms with Gasteiger partial charge >= 0.3 is 0 Å². The molecule has 0 unspecified atom stereocenters. The van der Waals surface area contributed by atoms with E-state index in [1.54, 1.807) is 4.90 Å². The van der Waals surface area contributed by atoms with E-state index >= 15 is 0 Å². The van der Waals surface area contributed by atoms with Crippen molar-refractivity contribution in [2.24, 2.45) is 0 Å². The first-order valence-electron chi connectivity index (χ1n) is 9.37. The molecule has 148 valence electrons. The van der Waals surface area contributed by atoms with Crippen molar-refractivity contribution in [2.45, 2.75) is 24.9 Å². The number of aliphatic hydroxyl groups excluding tert-OH is 1. The van der Waals surface area contributed by atoms with Gasteiger partial charge in [-0.05, 0) is 16.7 Å². The maximum Gasteiger partial charge on any atom is 0.246 e. The number of likely N-dealkylation sites (tertiary alicyclic amines) is 1. The van der Waals surface area contributed by atoms with Gasteiger partial charge in [-0.15, -0.1) is 0 Å². The Kier molecular flexibility index (Phi) is 6.44. The van der Waals surface area contributed by atoms with E-state index in [1.807, 2.05) is 30.3 Å². The molecule has 1 heterocycles. The molecule has 0 aliphatic carbocycles. The number of carbonyl (C=O) groups is 2. The number of amides is 2. The lowest BCUT2D eigenvalue weighted by molar-refractivity contribution is -0.148. The normalized spacial score (nSPS) is 21.1. The van der Waals surface area contributed by atoms with Crippen molar-refractivity contribution < 1.29 is 19.4 Å². The number of carbonyl (C=O) groups excluding carboxylic acids is 2. The number of nitrogens with one attached hydrogen (secondary N) is 1. The van der Waals surface area contributed by atoms with Crippen molar-refractivity contribution >= 4 is 11.8 Å². The van der Waals surface area contributed by atoms with Crippen molar-refractivity contribution in [3.63, 3.8) is 0 Å². The number of hydrogen-bond acceptors (Lipinski definition) is 4. The van der Waals surface area contributed by atoms with Gasteiger partial charge in [-0.25, -0.2) is 0 Å². The fourth-order valence-corrected chi connectivity index (χ4v) is 4.01. The molecule has 1 aliphatic heterocycles. The third-order valence-electron chi connectivity index (χ3n) is 5.28. The summed E-state index contributed by atoms with van der Waals surface area (Å²) >= 11 is 0. The third kappa shape index (κ3) is 4.08. The van der Waals surface area contributed by atoms with Crippen LogP contribution < -0.4 is 5.32 Å². The molecule has 2 aromatic rings. The summed E-state index contributed by atoms with van der Waals surface area (Å²) in [6.45, 7) is 1.67. The zero-order valence-corrected chi connectivity index (χ0v) is 16.2. The monoisotopic (exact) mass is 382 g/mol. The van der Waals surface area contributed by atoms with Gasteiger partial charge in [0.05, 0.1) is 18.7 Å². The Balaban J connectivity index is 1.80. The SMILES string of the molecule is COCC(=O)NC[C@@H]1[C@@H](c2ccc(-c3ccccc3)cc2)[C@H](CO)N1C(C)=O. The van der Waals surface area contributed by atoms with Crippen LogP contribution in [0, 0.1) is 0 Å². The molecule has 1 aliphatic rings. The van der Waals surface area contributed by atoms with Crippen LogP contribution in [0.3, 0.4) is 0 Å². The molecule has 3 atom stereocenters. The number of rotatable bonds is 7. The molecule has 6 heteroatoms. The molecule has 1 fully saturated rings. The second kappa shape index (κ2) is 8.99. The molecule has 0 saturated carbocycles. The van der Waals surface area contributed by atoms with Crippen LogP contribution in [-0.4, -0.2) is 60.8 Å². The minimum Gasteiger partial charge on any atom is -0.394 e. The quantitative estimate of drug-likeness (QED) is 0.765. The first-order chi connectivity index (χ1) is 13.6. The highest BCUT2D eigenvalue weighted by atomic mass is 16.5. The second-order valence-corrected chi connectivity index (χ2v) is 6.99. The summed E-state index contributed by atoms with van der Waals surface area (Å²) in [6, 6.07) is 17.8. The number of methoxy groups -OCH3 is 1. The van der Waals surface area contributed by atoms with E-state index in [0.717, 1.165) is 16.7 Å². The van der Waals surface area contributed by atoms with E-state index in [9.17, 15) is 14.7 Å². The zero-order chi connectivity index (χ0) is 20.1. The van der Waals surface area contributed by atoms with Gasteiger partial charge in [-0.1, -0.05) is 54.6 Å². The minimum absolute atomic E-state index is 0.0212. The van der Waals surface area contributed by atoms with Crippen molar-refractivity contribution in [3.8, 4) is 11.1 Å². The molecular weight excluding hydrogens is 356 g/mol. The van der Waals surface area contributed by atoms with Crippen LogP contribution in [0.4, 0.5) is 0 Å². The Bertz CT molecular complexity index is 807. The maximum absolute atomic E-state index is 12.1. The molecule has 3 rings (SSSR count). The van der Waals surface area contributed by atoms with Crippen molar-refractivity contribution in [2.75, 3.05) is 26.9 Å². The molecule has 0 bridgehead atoms. The van der Waals surface area contributed by atoms with Crippen LogP contribution in [0.1, 0.15) is 18.4 Å². The van der Waals surface area contributed by atoms with Gasteiger partial charge in [-0.3, -0.25) is 9.59 Å². The molecule has 28 heavy (non-hydrogen) atoms. The van der Waals surface area contributed by atoms with Crippen LogP contribution in [-0.2, 0) is 14.3 Å². The first kappa shape index (κ1) is 20.0. The van der Waals surface area contributed by atoms with E-state index in [4.69, 9.17) is 4.74 Å². The van der Waals surface area contributed by atoms with E-state index in [1.165, 1.54) is 14.0 Å². The van der Waals surface area contributed by atoms with Crippen LogP contribution >= 0.6 is 0 Å². The summed E-state index contributed by atoms with van der Waals surface area (Å²) in [5, 5.41) is 12.7. The molecule has 2 N–H and O–H groups in total. The summed E-state index contributed by atoms with van der Waals surface area (Å²) in [4.78, 5) is 25.5. The third-order valence-corrected chi connectivity index (χ3v) is 5.28. The smallest absolute Gasteiger partial charge is 0.246 e. The summed E-state index contributed by atoms with van der Waals surface area (Å²) in [6.07, 6.45) is 0. The largest absolute Gasteiger partial charge is 0.394 e. The number of nitrogens with zero attached hydrogens (tertiary/aromatic N) is 1. The van der Waals surface area contributed by atoms with Crippen LogP contribution in [0.5, 0.6) is 0 Å². The Morgan fingerprint density at radius 3 is 2.25 bits per heavy atom. The fourth-order valence-electron chi connectivity index (χ4n) is 4.01. The number of aliphatic hydroxyl groups is 1. The van der Waals surface area contributed by atoms with Crippen LogP contribution in [0.25, 0.3) is 11.1 Å². The summed E-state index contributed by atoms with van der Waals surface area (Å²) in [5.41, 5.74) is 3.29. The molecule has 1 saturated heterocycles. The second-order valence-electron chi connectivity index (χ2n) is 6.99. The minimum atomic E-state index is -0.288. The Morgan fingerprint density at radius 1 is 1.04 bits per heavy atom. The van der Waals surface area contributed by atoms with E-state index in [-0.39, 0.29) is 43.0 Å². The highest BCUT2D eigenvalue weighted by molar-refractivity contribution is 5.78. The average Bonchev–Trinajstić information content (AvgIpc) is 2.68. The Labute approximate surface area is 165 Å². The van der Waals surface area contributed by atoms with E-state index in [0.29, 0.717) is 6.54 Å². The van der Waals surface area contributed by atoms with Gasteiger partial charge in [0.15, 0.2) is 0 Å². The van der Waals surface area contributed by atoms with Crippen molar-refractivity contribution in [1.29, 1.82) is 0 Å². The molecule has 0 aromatic heterocycles. The van der Waals surface area contributed by atoms with Crippen LogP contribution in [0.15, 0.2) is 54.6 Å². The maximum atomic E-state index is 12.1. The molecule has 0 spiro atoms. The molecule has 6 nitrogen and oxygen atoms in total. The molecular formula is C22H26N2O4. The van der Waals surface area contributed by atoms with E-state index in [2.05, 4.69) is 29.6 Å². The van der Waals surface area contributed by atoms with Gasteiger partial charge in [-0.2, -0.15) is 0 Å². The molecule has 2 amide bonds. The highest BCUT2D eigenvalue weighted by Crippen LogP contribution is 2.41. The Hall–Kier alpha value is -2.70. The number of ether oxygens (including phenoxy) is 1. The first-order valence-corrected chi connectivity index (χ1v) is 9.37. The van der Waals surface area contributed by atoms with Crippen molar-refractivity contribution in [1.82, 2.24) is 10.2 Å². The lowest BCUT2D eigenvalue weighted by Gasteiger charge is -2.54. The van der Waals surface area contributed by atoms with Crippen molar-refractivity contribution in [3.05, 3.63) is 60.2 Å². The zero-order valence-electron chi connectivity index (χ0n) is 16.2. The molecule has 2 aromatic carbocycles. The summed E-state index contributed by atoms with van der Waals surface area (Å²) in [5.74, 6) is -0.375. The summed E-state index contributed by atoms with van der Waals surface area (Å²) < 4.78 is 4.84. The summed E-state index contributed by atoms with van der Waals surface area (Å²) in [7, 11) is 1.46. The van der Waals surface area contributed by atoms with Gasteiger partial charge in [0.25, 0.3) is 0 Å². The predicted octanol–water partition coefficient (Wildman–Crippen LogP) is 1.79. The van der Waals surface area contributed by atoms with Crippen LogP contribution in [0.2, 0.25) is 0 Å². The lowest BCUT2D eigenvalue weighted by atomic mass is 9.74. The topological polar surface area (TPSA) is 78.9 Å². The van der Waals surface area contributed by atoms with E-state index < -0.39 is 0 Å². The highest BCUT2D eigenvalue weighted by Gasteiger charge is 2.49. The lowest BCUT2D eigenvalue weighted by Crippen LogP contribution is -2.68. The predicted molar refractivity (Wildman–Crippen MR) is 107 cm³/mol. The molecule has 0 radical (unpaired) electrons. The number of hydrogen-bond donors (Lipinski definition) is 2. The van der Waals surface area contributed by atoms with Gasteiger partial charge in [0, 0.05) is 26.5 Å². The Morgan fingerprint density at radius 2 is 1.68 bits per heavy atom. The van der Waals surface area contributed by atoms with Gasteiger partial charge in [0.1, 0.15) is 6.61 Å².